The molecule has 0 saturated heterocycles. The van der Waals surface area contributed by atoms with Gasteiger partial charge in [-0.25, -0.2) is 0 Å². The van der Waals surface area contributed by atoms with Gasteiger partial charge in [-0.3, -0.25) is 19.3 Å². The fourth-order valence-corrected chi connectivity index (χ4v) is 3.66. The molecule has 0 fully saturated rings. The van der Waals surface area contributed by atoms with Gasteiger partial charge in [-0.05, 0) is 36.8 Å². The Hall–Kier alpha value is -3.81. The van der Waals surface area contributed by atoms with Crippen molar-refractivity contribution in [3.05, 3.63) is 59.8 Å². The lowest BCUT2D eigenvalue weighted by atomic mass is 10.1. The van der Waals surface area contributed by atoms with Crippen LogP contribution in [0.5, 0.6) is 5.75 Å². The zero-order valence-corrected chi connectivity index (χ0v) is 17.4. The lowest BCUT2D eigenvalue weighted by Crippen LogP contribution is -2.45. The number of benzene rings is 2. The lowest BCUT2D eigenvalue weighted by molar-refractivity contribution is -0.139. The molecule has 0 spiro atoms. The molecule has 2 heterocycles. The number of rotatable bonds is 4. The van der Waals surface area contributed by atoms with Crippen LogP contribution in [-0.4, -0.2) is 44.6 Å². The third-order valence-electron chi connectivity index (χ3n) is 5.19. The molecule has 160 valence electrons. The van der Waals surface area contributed by atoms with Crippen molar-refractivity contribution in [3.63, 3.8) is 0 Å². The van der Waals surface area contributed by atoms with E-state index in [4.69, 9.17) is 9.47 Å². The number of carbonyl (C=O) groups excluding carboxylic acids is 3. The smallest absolute Gasteiger partial charge is 0.311 e. The summed E-state index contributed by atoms with van der Waals surface area (Å²) in [5, 5.41) is 3.11. The molecular weight excluding hydrogens is 398 g/mol. The number of hydrogen-bond donors (Lipinski definition) is 1. The van der Waals surface area contributed by atoms with Crippen molar-refractivity contribution in [2.24, 2.45) is 0 Å². The Bertz CT molecular complexity index is 1080. The summed E-state index contributed by atoms with van der Waals surface area (Å²) < 4.78 is 10.4. The normalized spacial score (nSPS) is 15.0. The molecule has 2 aliphatic heterocycles. The number of hydrogen-bond acceptors (Lipinski definition) is 6. The number of fused-ring (bicyclic) bond motifs is 2. The standard InChI is InChI=1S/C23H23N3O5/c1-15-7-8-20-19(11-15)25(9-10-31-20)22(28)14-26-18-6-4-3-5-17(18)24-16(12-21(26)27)13-23(29)30-2/h3-8,11-12,24H,9-10,13-14H2,1-2H3. The fourth-order valence-electron chi connectivity index (χ4n) is 3.66. The molecule has 1 N–H and O–H groups in total. The first-order chi connectivity index (χ1) is 15.0. The maximum Gasteiger partial charge on any atom is 0.311 e. The van der Waals surface area contributed by atoms with E-state index in [1.165, 1.54) is 18.1 Å². The van der Waals surface area contributed by atoms with Crippen LogP contribution in [0.4, 0.5) is 17.1 Å². The van der Waals surface area contributed by atoms with Gasteiger partial charge in [-0.2, -0.15) is 0 Å². The highest BCUT2D eigenvalue weighted by molar-refractivity contribution is 6.11. The van der Waals surface area contributed by atoms with Crippen LogP contribution >= 0.6 is 0 Å². The van der Waals surface area contributed by atoms with E-state index in [0.717, 1.165) is 5.56 Å². The number of carbonyl (C=O) groups is 3. The maximum atomic E-state index is 13.3. The minimum atomic E-state index is -0.464. The van der Waals surface area contributed by atoms with Crippen LogP contribution < -0.4 is 19.9 Å². The van der Waals surface area contributed by atoms with E-state index in [1.54, 1.807) is 23.1 Å². The topological polar surface area (TPSA) is 88.2 Å². The van der Waals surface area contributed by atoms with Gasteiger partial charge in [0.2, 0.25) is 5.91 Å². The SMILES string of the molecule is COC(=O)CC1=CC(=O)N(CC(=O)N2CCOc3ccc(C)cc32)c2ccccc2N1. The number of anilines is 3. The molecule has 0 aliphatic carbocycles. The van der Waals surface area contributed by atoms with E-state index in [-0.39, 0.29) is 24.8 Å². The van der Waals surface area contributed by atoms with E-state index < -0.39 is 5.97 Å². The summed E-state index contributed by atoms with van der Waals surface area (Å²) in [4.78, 5) is 41.1. The van der Waals surface area contributed by atoms with Crippen LogP contribution in [-0.2, 0) is 19.1 Å². The summed E-state index contributed by atoms with van der Waals surface area (Å²) in [7, 11) is 1.29. The molecule has 0 aromatic heterocycles. The summed E-state index contributed by atoms with van der Waals surface area (Å²) in [6.07, 6.45) is 1.26. The molecule has 2 amide bonds. The molecule has 4 rings (SSSR count). The van der Waals surface area contributed by atoms with Crippen molar-refractivity contribution in [2.75, 3.05) is 41.9 Å². The summed E-state index contributed by atoms with van der Waals surface area (Å²) >= 11 is 0. The van der Waals surface area contributed by atoms with Crippen LogP contribution in [0.3, 0.4) is 0 Å². The molecular formula is C23H23N3O5. The second kappa shape index (κ2) is 8.51. The largest absolute Gasteiger partial charge is 0.490 e. The molecule has 2 aliphatic rings. The van der Waals surface area contributed by atoms with Crippen molar-refractivity contribution in [2.45, 2.75) is 13.3 Å². The van der Waals surface area contributed by atoms with E-state index in [9.17, 15) is 14.4 Å². The molecule has 2 aromatic carbocycles. The van der Waals surface area contributed by atoms with Crippen molar-refractivity contribution in [1.82, 2.24) is 0 Å². The Balaban J connectivity index is 1.63. The van der Waals surface area contributed by atoms with Crippen molar-refractivity contribution < 1.29 is 23.9 Å². The molecule has 0 unspecified atom stereocenters. The van der Waals surface area contributed by atoms with Gasteiger partial charge in [0.25, 0.3) is 5.91 Å². The maximum absolute atomic E-state index is 13.3. The van der Waals surface area contributed by atoms with Gasteiger partial charge in [0.1, 0.15) is 18.9 Å². The number of ether oxygens (including phenoxy) is 2. The average Bonchev–Trinajstić information content (AvgIpc) is 2.89. The van der Waals surface area contributed by atoms with Crippen LogP contribution in [0.25, 0.3) is 0 Å². The second-order valence-corrected chi connectivity index (χ2v) is 7.35. The van der Waals surface area contributed by atoms with E-state index in [2.05, 4.69) is 5.32 Å². The highest BCUT2D eigenvalue weighted by Crippen LogP contribution is 2.34. The van der Waals surface area contributed by atoms with Crippen LogP contribution in [0.2, 0.25) is 0 Å². The molecule has 0 radical (unpaired) electrons. The van der Waals surface area contributed by atoms with Gasteiger partial charge in [0.15, 0.2) is 0 Å². The predicted octanol–water partition coefficient (Wildman–Crippen LogP) is 2.63. The Kier molecular flexibility index (Phi) is 5.62. The van der Waals surface area contributed by atoms with Crippen molar-refractivity contribution >= 4 is 34.8 Å². The quantitative estimate of drug-likeness (QED) is 0.764. The summed E-state index contributed by atoms with van der Waals surface area (Å²) in [6.45, 7) is 2.59. The highest BCUT2D eigenvalue weighted by atomic mass is 16.5. The first kappa shape index (κ1) is 20.5. The van der Waals surface area contributed by atoms with E-state index in [0.29, 0.717) is 41.7 Å². The van der Waals surface area contributed by atoms with Gasteiger partial charge in [-0.1, -0.05) is 18.2 Å². The van der Waals surface area contributed by atoms with Gasteiger partial charge in [-0.15, -0.1) is 0 Å². The van der Waals surface area contributed by atoms with Gasteiger partial charge in [0, 0.05) is 11.8 Å². The van der Waals surface area contributed by atoms with Crippen LogP contribution in [0.15, 0.2) is 54.2 Å². The number of para-hydroxylation sites is 2. The molecule has 2 aromatic rings. The van der Waals surface area contributed by atoms with Crippen LogP contribution in [0, 0.1) is 6.92 Å². The Morgan fingerprint density at radius 3 is 2.77 bits per heavy atom. The molecule has 31 heavy (non-hydrogen) atoms. The number of esters is 1. The first-order valence-electron chi connectivity index (χ1n) is 9.95. The monoisotopic (exact) mass is 421 g/mol. The molecule has 0 saturated carbocycles. The zero-order valence-electron chi connectivity index (χ0n) is 17.4. The summed E-state index contributed by atoms with van der Waals surface area (Å²) in [5.74, 6) is -0.422. The third kappa shape index (κ3) is 4.23. The first-order valence-corrected chi connectivity index (χ1v) is 9.95. The van der Waals surface area contributed by atoms with Crippen molar-refractivity contribution in [1.29, 1.82) is 0 Å². The summed E-state index contributed by atoms with van der Waals surface area (Å²) in [6, 6.07) is 12.9. The highest BCUT2D eigenvalue weighted by Gasteiger charge is 2.29. The third-order valence-corrected chi connectivity index (χ3v) is 5.19. The summed E-state index contributed by atoms with van der Waals surface area (Å²) in [5.41, 5.74) is 3.32. The minimum Gasteiger partial charge on any atom is -0.490 e. The van der Waals surface area contributed by atoms with Gasteiger partial charge >= 0.3 is 5.97 Å². The predicted molar refractivity (Wildman–Crippen MR) is 116 cm³/mol. The molecule has 0 bridgehead atoms. The molecule has 0 atom stereocenters. The van der Waals surface area contributed by atoms with Gasteiger partial charge < -0.3 is 19.7 Å². The van der Waals surface area contributed by atoms with E-state index >= 15 is 0 Å². The fraction of sp³-hybridized carbons (Fsp3) is 0.261. The van der Waals surface area contributed by atoms with Crippen molar-refractivity contribution in [3.8, 4) is 5.75 Å². The number of amides is 2. The number of nitrogens with one attached hydrogen (secondary N) is 1. The average molecular weight is 421 g/mol. The zero-order chi connectivity index (χ0) is 22.0. The number of methoxy groups -OCH3 is 1. The Labute approximate surface area is 180 Å². The lowest BCUT2D eigenvalue weighted by Gasteiger charge is -2.32. The second-order valence-electron chi connectivity index (χ2n) is 7.35. The minimum absolute atomic E-state index is 0.0749. The van der Waals surface area contributed by atoms with Crippen LogP contribution in [0.1, 0.15) is 12.0 Å². The molecule has 8 nitrogen and oxygen atoms in total. The molecule has 8 heteroatoms. The van der Waals surface area contributed by atoms with E-state index in [1.807, 2.05) is 31.2 Å². The number of aryl methyl sites for hydroxylation is 1. The Morgan fingerprint density at radius 2 is 1.97 bits per heavy atom. The number of nitrogens with zero attached hydrogens (tertiary/aromatic N) is 2. The Morgan fingerprint density at radius 1 is 1.16 bits per heavy atom. The van der Waals surface area contributed by atoms with Gasteiger partial charge in [0.05, 0.1) is 37.1 Å².